The average molecular weight is 322 g/mol. The lowest BCUT2D eigenvalue weighted by Gasteiger charge is -2.29. The van der Waals surface area contributed by atoms with E-state index in [9.17, 15) is 0 Å². The Hall–Kier alpha value is -2.55. The van der Waals surface area contributed by atoms with Gasteiger partial charge in [0.15, 0.2) is 0 Å². The molecule has 0 atom stereocenters. The number of hydrogen-bond donors (Lipinski definition) is 0. The molecule has 0 N–H and O–H groups in total. The largest absolute Gasteiger partial charge is 0.497 e. The number of methoxy groups -OCH3 is 1. The summed E-state index contributed by atoms with van der Waals surface area (Å²) in [5, 5.41) is 0. The maximum atomic E-state index is 5.30. The highest BCUT2D eigenvalue weighted by Crippen LogP contribution is 2.31. The van der Waals surface area contributed by atoms with E-state index in [1.54, 1.807) is 7.11 Å². The molecule has 0 aliphatic carbocycles. The first kappa shape index (κ1) is 17.8. The molecule has 0 amide bonds. The van der Waals surface area contributed by atoms with Gasteiger partial charge in [-0.25, -0.2) is 0 Å². The van der Waals surface area contributed by atoms with Crippen molar-refractivity contribution in [1.82, 2.24) is 0 Å². The fourth-order valence-electron chi connectivity index (χ4n) is 2.64. The summed E-state index contributed by atoms with van der Waals surface area (Å²) in [4.78, 5) is 6.67. The molecule has 0 unspecified atom stereocenters. The molecule has 2 aromatic rings. The lowest BCUT2D eigenvalue weighted by Crippen LogP contribution is -2.28. The van der Waals surface area contributed by atoms with Gasteiger partial charge >= 0.3 is 0 Å². The van der Waals surface area contributed by atoms with Gasteiger partial charge in [-0.05, 0) is 67.8 Å². The highest BCUT2D eigenvalue weighted by molar-refractivity contribution is 6.08. The zero-order valence-electron chi connectivity index (χ0n) is 15.2. The van der Waals surface area contributed by atoms with Gasteiger partial charge in [0.1, 0.15) is 11.6 Å². The predicted molar refractivity (Wildman–Crippen MR) is 104 cm³/mol. The molecular weight excluding hydrogens is 296 g/mol. The number of benzene rings is 2. The van der Waals surface area contributed by atoms with E-state index in [2.05, 4.69) is 60.1 Å². The van der Waals surface area contributed by atoms with Crippen molar-refractivity contribution in [2.45, 2.75) is 27.2 Å². The molecular formula is C21H26N2O. The molecule has 0 heterocycles. The van der Waals surface area contributed by atoms with Gasteiger partial charge in [-0.2, -0.15) is 0 Å². The quantitative estimate of drug-likeness (QED) is 0.544. The van der Waals surface area contributed by atoms with Crippen LogP contribution in [0.2, 0.25) is 0 Å². The molecule has 126 valence electrons. The Kier molecular flexibility index (Phi) is 6.19. The molecule has 2 rings (SSSR count). The van der Waals surface area contributed by atoms with Crippen LogP contribution in [0.1, 0.15) is 32.8 Å². The molecule has 0 fully saturated rings. The summed E-state index contributed by atoms with van der Waals surface area (Å²) in [6.07, 6.45) is 0.974. The minimum Gasteiger partial charge on any atom is -0.497 e. The van der Waals surface area contributed by atoms with Crippen molar-refractivity contribution in [2.24, 2.45) is 4.99 Å². The van der Waals surface area contributed by atoms with Crippen LogP contribution < -0.4 is 9.64 Å². The van der Waals surface area contributed by atoms with Crippen LogP contribution in [0.4, 0.5) is 5.69 Å². The normalized spacial score (nSPS) is 12.6. The summed E-state index contributed by atoms with van der Waals surface area (Å²) >= 11 is 0. The van der Waals surface area contributed by atoms with E-state index >= 15 is 0 Å². The average Bonchev–Trinajstić information content (AvgIpc) is 2.65. The van der Waals surface area contributed by atoms with Crippen molar-refractivity contribution in [2.75, 3.05) is 19.1 Å². The van der Waals surface area contributed by atoms with Crippen LogP contribution in [0.3, 0.4) is 0 Å². The summed E-state index contributed by atoms with van der Waals surface area (Å²) in [5.74, 6) is 1.82. The zero-order chi connectivity index (χ0) is 17.5. The maximum absolute atomic E-state index is 5.30. The van der Waals surface area contributed by atoms with Crippen LogP contribution in [0.25, 0.3) is 5.70 Å². The summed E-state index contributed by atoms with van der Waals surface area (Å²) < 4.78 is 5.30. The van der Waals surface area contributed by atoms with Crippen molar-refractivity contribution in [1.29, 1.82) is 0 Å². The van der Waals surface area contributed by atoms with E-state index in [0.717, 1.165) is 29.3 Å². The SMILES string of the molecule is CC/C(C)=C(\c1ccc(OC)cc1)N(C(C)=NC)c1ccccc1. The molecule has 3 nitrogen and oxygen atoms in total. The molecule has 0 aliphatic heterocycles. The highest BCUT2D eigenvalue weighted by atomic mass is 16.5. The van der Waals surface area contributed by atoms with Gasteiger partial charge in [0.2, 0.25) is 0 Å². The first-order valence-electron chi connectivity index (χ1n) is 8.25. The van der Waals surface area contributed by atoms with Gasteiger partial charge in [0.25, 0.3) is 0 Å². The first-order chi connectivity index (χ1) is 11.6. The Morgan fingerprint density at radius 3 is 2.12 bits per heavy atom. The molecule has 0 spiro atoms. The van der Waals surface area contributed by atoms with Crippen molar-refractivity contribution in [3.05, 3.63) is 65.7 Å². The summed E-state index contributed by atoms with van der Waals surface area (Å²) in [7, 11) is 3.52. The number of rotatable bonds is 5. The lowest BCUT2D eigenvalue weighted by molar-refractivity contribution is 0.415. The third-order valence-electron chi connectivity index (χ3n) is 4.18. The second-order valence-electron chi connectivity index (χ2n) is 5.65. The highest BCUT2D eigenvalue weighted by Gasteiger charge is 2.18. The van der Waals surface area contributed by atoms with Crippen LogP contribution in [0.5, 0.6) is 5.75 Å². The van der Waals surface area contributed by atoms with E-state index in [0.29, 0.717) is 0 Å². The summed E-state index contributed by atoms with van der Waals surface area (Å²) in [6.45, 7) is 6.40. The number of amidine groups is 1. The van der Waals surface area contributed by atoms with Crippen LogP contribution >= 0.6 is 0 Å². The number of ether oxygens (including phenoxy) is 1. The van der Waals surface area contributed by atoms with Gasteiger partial charge in [-0.3, -0.25) is 9.89 Å². The van der Waals surface area contributed by atoms with Gasteiger partial charge in [-0.15, -0.1) is 0 Å². The molecule has 0 saturated carbocycles. The van der Waals surface area contributed by atoms with E-state index in [1.165, 1.54) is 11.3 Å². The van der Waals surface area contributed by atoms with Crippen molar-refractivity contribution >= 4 is 17.2 Å². The van der Waals surface area contributed by atoms with Crippen LogP contribution in [0, 0.1) is 0 Å². The molecule has 3 heteroatoms. The zero-order valence-corrected chi connectivity index (χ0v) is 15.2. The Morgan fingerprint density at radius 1 is 1.00 bits per heavy atom. The minimum absolute atomic E-state index is 0.861. The third-order valence-corrected chi connectivity index (χ3v) is 4.18. The summed E-state index contributed by atoms with van der Waals surface area (Å²) in [5.41, 5.74) is 4.75. The van der Waals surface area contributed by atoms with Gasteiger partial charge in [-0.1, -0.05) is 25.1 Å². The number of allylic oxidation sites excluding steroid dienone is 1. The molecule has 0 radical (unpaired) electrons. The molecule has 0 aromatic heterocycles. The van der Waals surface area contributed by atoms with Crippen LogP contribution in [0.15, 0.2) is 65.2 Å². The molecule has 0 aliphatic rings. The van der Waals surface area contributed by atoms with Gasteiger partial charge in [0, 0.05) is 12.7 Å². The molecule has 24 heavy (non-hydrogen) atoms. The van der Waals surface area contributed by atoms with Crippen molar-refractivity contribution in [3.8, 4) is 5.75 Å². The lowest BCUT2D eigenvalue weighted by atomic mass is 10.0. The van der Waals surface area contributed by atoms with E-state index in [1.807, 2.05) is 32.2 Å². The molecule has 0 saturated heterocycles. The van der Waals surface area contributed by atoms with Gasteiger partial charge < -0.3 is 4.74 Å². The topological polar surface area (TPSA) is 24.8 Å². The number of para-hydroxylation sites is 1. The molecule has 2 aromatic carbocycles. The van der Waals surface area contributed by atoms with Crippen molar-refractivity contribution < 1.29 is 4.74 Å². The van der Waals surface area contributed by atoms with E-state index < -0.39 is 0 Å². The number of aliphatic imine (C=N–C) groups is 1. The monoisotopic (exact) mass is 322 g/mol. The van der Waals surface area contributed by atoms with Gasteiger partial charge in [0.05, 0.1) is 12.8 Å². The molecule has 0 bridgehead atoms. The second kappa shape index (κ2) is 8.34. The Bertz CT molecular complexity index is 715. The van der Waals surface area contributed by atoms with E-state index in [4.69, 9.17) is 4.74 Å². The fraction of sp³-hybridized carbons (Fsp3) is 0.286. The van der Waals surface area contributed by atoms with Crippen LogP contribution in [-0.2, 0) is 0 Å². The number of nitrogens with zero attached hydrogens (tertiary/aromatic N) is 2. The Labute approximate surface area is 145 Å². The smallest absolute Gasteiger partial charge is 0.118 e. The Balaban J connectivity index is 2.63. The maximum Gasteiger partial charge on any atom is 0.118 e. The Morgan fingerprint density at radius 2 is 1.62 bits per heavy atom. The van der Waals surface area contributed by atoms with Crippen molar-refractivity contribution in [3.63, 3.8) is 0 Å². The standard InChI is InChI=1S/C21H26N2O/c1-6-16(2)21(18-12-14-20(24-5)15-13-18)23(17(3)22-4)19-10-8-7-9-11-19/h7-15H,6H2,1-5H3/b21-16+,22-17?. The minimum atomic E-state index is 0.861. The number of anilines is 1. The number of hydrogen-bond acceptors (Lipinski definition) is 2. The second-order valence-corrected chi connectivity index (χ2v) is 5.65. The van der Waals surface area contributed by atoms with E-state index in [-0.39, 0.29) is 0 Å². The first-order valence-corrected chi connectivity index (χ1v) is 8.25. The fourth-order valence-corrected chi connectivity index (χ4v) is 2.64. The summed E-state index contributed by atoms with van der Waals surface area (Å²) in [6, 6.07) is 18.6. The van der Waals surface area contributed by atoms with Crippen LogP contribution in [-0.4, -0.2) is 20.0 Å². The predicted octanol–water partition coefficient (Wildman–Crippen LogP) is 5.39. The third kappa shape index (κ3) is 3.85.